The maximum atomic E-state index is 12.1. The van der Waals surface area contributed by atoms with Gasteiger partial charge >= 0.3 is 12.0 Å². The first kappa shape index (κ1) is 17.3. The third-order valence-electron chi connectivity index (χ3n) is 4.72. The van der Waals surface area contributed by atoms with Crippen molar-refractivity contribution < 1.29 is 14.7 Å². The summed E-state index contributed by atoms with van der Waals surface area (Å²) in [4.78, 5) is 24.4. The van der Waals surface area contributed by atoms with E-state index >= 15 is 0 Å². The molecule has 1 saturated carbocycles. The predicted octanol–water partition coefficient (Wildman–Crippen LogP) is 2.93. The Hall–Kier alpha value is -2.04. The Morgan fingerprint density at radius 2 is 2.00 bits per heavy atom. The minimum atomic E-state index is -0.885. The highest BCUT2D eigenvalue weighted by atomic mass is 16.4. The van der Waals surface area contributed by atoms with E-state index in [0.717, 1.165) is 12.8 Å². The zero-order chi connectivity index (χ0) is 16.8. The lowest BCUT2D eigenvalue weighted by atomic mass is 9.89. The van der Waals surface area contributed by atoms with Gasteiger partial charge in [-0.3, -0.25) is 4.79 Å². The van der Waals surface area contributed by atoms with Crippen LogP contribution in [-0.4, -0.2) is 42.1 Å². The fourth-order valence-corrected chi connectivity index (χ4v) is 3.35. The molecule has 1 aromatic carbocycles. The third-order valence-corrected chi connectivity index (χ3v) is 4.72. The molecule has 0 radical (unpaired) electrons. The van der Waals surface area contributed by atoms with E-state index in [1.807, 2.05) is 6.07 Å². The van der Waals surface area contributed by atoms with Crippen molar-refractivity contribution >= 4 is 12.0 Å². The zero-order valence-corrected chi connectivity index (χ0v) is 13.9. The first-order valence-electron chi connectivity index (χ1n) is 8.25. The van der Waals surface area contributed by atoms with Crippen molar-refractivity contribution in [2.24, 2.45) is 11.8 Å². The van der Waals surface area contributed by atoms with Crippen LogP contribution in [-0.2, 0) is 4.79 Å². The average Bonchev–Trinajstić information content (AvgIpc) is 3.01. The summed E-state index contributed by atoms with van der Waals surface area (Å²) in [7, 11) is 1.64. The highest BCUT2D eigenvalue weighted by molar-refractivity contribution is 5.75. The average molecular weight is 318 g/mol. The summed E-state index contributed by atoms with van der Waals surface area (Å²) in [6.45, 7) is 2.46. The number of nitrogens with zero attached hydrogens (tertiary/aromatic N) is 1. The molecule has 0 spiro atoms. The molecule has 0 saturated heterocycles. The molecule has 1 aromatic rings. The second kappa shape index (κ2) is 7.99. The van der Waals surface area contributed by atoms with Crippen LogP contribution < -0.4 is 5.32 Å². The summed E-state index contributed by atoms with van der Waals surface area (Å²) in [6.07, 6.45) is 3.47. The standard InChI is InChI=1S/C18H26N2O3/c1-13(17(21)22)12-20(2)18(23)19-11-15-9-6-10-16(15)14-7-4-3-5-8-14/h3-5,7-8,13,15-16H,6,9-12H2,1-2H3,(H,19,23)(H,21,22). The minimum absolute atomic E-state index is 0.197. The van der Waals surface area contributed by atoms with Gasteiger partial charge in [0.05, 0.1) is 5.92 Å². The van der Waals surface area contributed by atoms with Gasteiger partial charge in [-0.1, -0.05) is 43.7 Å². The normalized spacial score (nSPS) is 21.7. The molecule has 0 bridgehead atoms. The monoisotopic (exact) mass is 318 g/mol. The molecule has 0 heterocycles. The molecule has 2 amide bonds. The van der Waals surface area contributed by atoms with Crippen LogP contribution in [0.4, 0.5) is 4.79 Å². The van der Waals surface area contributed by atoms with Gasteiger partial charge in [-0.2, -0.15) is 0 Å². The van der Waals surface area contributed by atoms with Crippen molar-refractivity contribution in [2.45, 2.75) is 32.1 Å². The van der Waals surface area contributed by atoms with Crippen molar-refractivity contribution in [3.8, 4) is 0 Å². The molecule has 126 valence electrons. The van der Waals surface area contributed by atoms with Crippen molar-refractivity contribution in [1.82, 2.24) is 10.2 Å². The van der Waals surface area contributed by atoms with Gasteiger partial charge in [0.15, 0.2) is 0 Å². The number of nitrogens with one attached hydrogen (secondary N) is 1. The Morgan fingerprint density at radius 3 is 2.65 bits per heavy atom. The summed E-state index contributed by atoms with van der Waals surface area (Å²) in [5.74, 6) is -0.495. The lowest BCUT2D eigenvalue weighted by Gasteiger charge is -2.24. The highest BCUT2D eigenvalue weighted by Crippen LogP contribution is 2.39. The van der Waals surface area contributed by atoms with Crippen LogP contribution in [0.1, 0.15) is 37.7 Å². The summed E-state index contributed by atoms with van der Waals surface area (Å²) < 4.78 is 0. The van der Waals surface area contributed by atoms with Crippen LogP contribution in [0.25, 0.3) is 0 Å². The maximum Gasteiger partial charge on any atom is 0.317 e. The number of amides is 2. The van der Waals surface area contributed by atoms with Crippen LogP contribution in [0.2, 0.25) is 0 Å². The van der Waals surface area contributed by atoms with E-state index in [0.29, 0.717) is 18.4 Å². The number of benzene rings is 1. The van der Waals surface area contributed by atoms with Crippen LogP contribution in [0.3, 0.4) is 0 Å². The van der Waals surface area contributed by atoms with Gasteiger partial charge in [-0.25, -0.2) is 4.79 Å². The number of carbonyl (C=O) groups is 2. The number of rotatable bonds is 6. The molecule has 0 aliphatic heterocycles. The maximum absolute atomic E-state index is 12.1. The van der Waals surface area contributed by atoms with E-state index in [1.165, 1.54) is 16.9 Å². The van der Waals surface area contributed by atoms with E-state index in [4.69, 9.17) is 5.11 Å². The molecule has 3 unspecified atom stereocenters. The quantitative estimate of drug-likeness (QED) is 0.847. The Kier molecular flexibility index (Phi) is 6.02. The van der Waals surface area contributed by atoms with Gasteiger partial charge in [0.1, 0.15) is 0 Å². The van der Waals surface area contributed by atoms with Crippen molar-refractivity contribution in [2.75, 3.05) is 20.1 Å². The topological polar surface area (TPSA) is 69.6 Å². The Morgan fingerprint density at radius 1 is 1.30 bits per heavy atom. The number of carboxylic acids is 1. The van der Waals surface area contributed by atoms with Gasteiger partial charge < -0.3 is 15.3 Å². The van der Waals surface area contributed by atoms with Gasteiger partial charge in [-0.05, 0) is 30.2 Å². The number of hydrogen-bond donors (Lipinski definition) is 2. The third kappa shape index (κ3) is 4.71. The smallest absolute Gasteiger partial charge is 0.317 e. The molecule has 23 heavy (non-hydrogen) atoms. The van der Waals surface area contributed by atoms with Crippen molar-refractivity contribution in [1.29, 1.82) is 0 Å². The van der Waals surface area contributed by atoms with Crippen LogP contribution >= 0.6 is 0 Å². The van der Waals surface area contributed by atoms with Gasteiger partial charge in [0.2, 0.25) is 0 Å². The van der Waals surface area contributed by atoms with Crippen molar-refractivity contribution in [3.63, 3.8) is 0 Å². The lowest BCUT2D eigenvalue weighted by Crippen LogP contribution is -2.42. The molecular weight excluding hydrogens is 292 g/mol. The van der Waals surface area contributed by atoms with Gasteiger partial charge in [0.25, 0.3) is 0 Å². The zero-order valence-electron chi connectivity index (χ0n) is 13.9. The predicted molar refractivity (Wildman–Crippen MR) is 89.4 cm³/mol. The van der Waals surface area contributed by atoms with Gasteiger partial charge in [-0.15, -0.1) is 0 Å². The van der Waals surface area contributed by atoms with Gasteiger partial charge in [0, 0.05) is 20.1 Å². The molecule has 5 nitrogen and oxygen atoms in total. The molecule has 0 aromatic heterocycles. The molecule has 5 heteroatoms. The Bertz CT molecular complexity index is 532. The molecular formula is C18H26N2O3. The van der Waals surface area contributed by atoms with E-state index in [1.54, 1.807) is 14.0 Å². The largest absolute Gasteiger partial charge is 0.481 e. The van der Waals surface area contributed by atoms with Crippen LogP contribution in [0.5, 0.6) is 0 Å². The van der Waals surface area contributed by atoms with E-state index < -0.39 is 11.9 Å². The van der Waals surface area contributed by atoms with Crippen molar-refractivity contribution in [3.05, 3.63) is 35.9 Å². The van der Waals surface area contributed by atoms with Crippen LogP contribution in [0, 0.1) is 11.8 Å². The number of hydrogen-bond acceptors (Lipinski definition) is 2. The molecule has 1 aliphatic rings. The SMILES string of the molecule is CC(CN(C)C(=O)NCC1CCCC1c1ccccc1)C(=O)O. The number of carboxylic acid groups (broad SMARTS) is 1. The Balaban J connectivity index is 1.85. The molecule has 2 N–H and O–H groups in total. The van der Waals surface area contributed by atoms with E-state index in [9.17, 15) is 9.59 Å². The lowest BCUT2D eigenvalue weighted by molar-refractivity contribution is -0.141. The molecule has 3 atom stereocenters. The summed E-state index contributed by atoms with van der Waals surface area (Å²) >= 11 is 0. The van der Waals surface area contributed by atoms with Crippen LogP contribution in [0.15, 0.2) is 30.3 Å². The second-order valence-corrected chi connectivity index (χ2v) is 6.51. The van der Waals surface area contributed by atoms with E-state index in [-0.39, 0.29) is 12.6 Å². The fourth-order valence-electron chi connectivity index (χ4n) is 3.35. The molecule has 2 rings (SSSR count). The van der Waals surface area contributed by atoms with E-state index in [2.05, 4.69) is 29.6 Å². The first-order valence-corrected chi connectivity index (χ1v) is 8.25. The summed E-state index contributed by atoms with van der Waals surface area (Å²) in [5, 5.41) is 11.9. The first-order chi connectivity index (χ1) is 11.0. The highest BCUT2D eigenvalue weighted by Gasteiger charge is 2.29. The molecule has 1 fully saturated rings. The number of carbonyl (C=O) groups excluding carboxylic acids is 1. The minimum Gasteiger partial charge on any atom is -0.481 e. The fraction of sp³-hybridized carbons (Fsp3) is 0.556. The number of aliphatic carboxylic acids is 1. The summed E-state index contributed by atoms with van der Waals surface area (Å²) in [5.41, 5.74) is 1.34. The summed E-state index contributed by atoms with van der Waals surface area (Å²) in [6, 6.07) is 10.3. The Labute approximate surface area is 137 Å². The second-order valence-electron chi connectivity index (χ2n) is 6.51. The number of urea groups is 1. The molecule has 1 aliphatic carbocycles.